The Morgan fingerprint density at radius 1 is 1.22 bits per heavy atom. The van der Waals surface area contributed by atoms with Crippen molar-refractivity contribution in [3.63, 3.8) is 0 Å². The Morgan fingerprint density at radius 3 is 2.74 bits per heavy atom. The van der Waals surface area contributed by atoms with E-state index in [4.69, 9.17) is 5.26 Å². The van der Waals surface area contributed by atoms with Crippen molar-refractivity contribution in [2.75, 3.05) is 19.0 Å². The highest BCUT2D eigenvalue weighted by molar-refractivity contribution is 5.91. The number of benzene rings is 2. The number of nitrogens with zero attached hydrogens (tertiary/aromatic N) is 2. The van der Waals surface area contributed by atoms with Crippen LogP contribution in [0.25, 0.3) is 6.08 Å². The molecule has 0 heterocycles. The molecule has 0 aliphatic carbocycles. The number of nitrogens with one attached hydrogen (secondary N) is 1. The summed E-state index contributed by atoms with van der Waals surface area (Å²) in [5.41, 5.74) is 3.55. The average molecular weight is 305 g/mol. The van der Waals surface area contributed by atoms with Gasteiger partial charge in [-0.3, -0.25) is 4.79 Å². The summed E-state index contributed by atoms with van der Waals surface area (Å²) in [4.78, 5) is 14.0. The molecular weight excluding hydrogens is 286 g/mol. The molecule has 2 aromatic rings. The van der Waals surface area contributed by atoms with Crippen LogP contribution in [0, 0.1) is 11.3 Å². The molecule has 0 bridgehead atoms. The number of nitriles is 1. The fourth-order valence-corrected chi connectivity index (χ4v) is 2.22. The van der Waals surface area contributed by atoms with Gasteiger partial charge in [-0.15, -0.1) is 0 Å². The first-order valence-electron chi connectivity index (χ1n) is 7.31. The highest BCUT2D eigenvalue weighted by Crippen LogP contribution is 2.17. The Morgan fingerprint density at radius 2 is 2.00 bits per heavy atom. The van der Waals surface area contributed by atoms with Crippen molar-refractivity contribution in [2.45, 2.75) is 6.54 Å². The third-order valence-corrected chi connectivity index (χ3v) is 3.37. The van der Waals surface area contributed by atoms with E-state index in [0.29, 0.717) is 12.1 Å². The van der Waals surface area contributed by atoms with E-state index < -0.39 is 0 Å². The van der Waals surface area contributed by atoms with Gasteiger partial charge in [0.15, 0.2) is 0 Å². The number of para-hydroxylation sites is 1. The first kappa shape index (κ1) is 16.3. The molecule has 0 atom stereocenters. The zero-order valence-electron chi connectivity index (χ0n) is 13.3. The van der Waals surface area contributed by atoms with Crippen molar-refractivity contribution >= 4 is 17.7 Å². The minimum atomic E-state index is -0.166. The fraction of sp³-hybridized carbons (Fsp3) is 0.158. The predicted molar refractivity (Wildman–Crippen MR) is 92.8 cm³/mol. The molecule has 0 fully saturated rings. The van der Waals surface area contributed by atoms with Crippen molar-refractivity contribution in [3.8, 4) is 6.07 Å². The molecule has 4 nitrogen and oxygen atoms in total. The minimum Gasteiger partial charge on any atom is -0.377 e. The van der Waals surface area contributed by atoms with Gasteiger partial charge in [-0.1, -0.05) is 30.3 Å². The van der Waals surface area contributed by atoms with Crippen LogP contribution >= 0.6 is 0 Å². The summed E-state index contributed by atoms with van der Waals surface area (Å²) < 4.78 is 0. The first-order chi connectivity index (χ1) is 11.1. The first-order valence-corrected chi connectivity index (χ1v) is 7.31. The zero-order chi connectivity index (χ0) is 16.7. The Hall–Kier alpha value is -3.06. The van der Waals surface area contributed by atoms with Gasteiger partial charge in [-0.25, -0.2) is 0 Å². The van der Waals surface area contributed by atoms with Crippen LogP contribution in [0.15, 0.2) is 54.6 Å². The van der Waals surface area contributed by atoms with Crippen LogP contribution in [0.3, 0.4) is 0 Å². The second-order valence-electron chi connectivity index (χ2n) is 5.31. The van der Waals surface area contributed by atoms with Crippen molar-refractivity contribution < 1.29 is 4.79 Å². The lowest BCUT2D eigenvalue weighted by atomic mass is 10.1. The molecule has 0 radical (unpaired) electrons. The minimum absolute atomic E-state index is 0.166. The Kier molecular flexibility index (Phi) is 5.54. The molecular formula is C19H19N3O. The second-order valence-corrected chi connectivity index (χ2v) is 5.31. The molecule has 0 unspecified atom stereocenters. The highest BCUT2D eigenvalue weighted by atomic mass is 16.1. The van der Waals surface area contributed by atoms with Crippen LogP contribution < -0.4 is 10.2 Å². The molecule has 0 aromatic heterocycles. The highest BCUT2D eigenvalue weighted by Gasteiger charge is 2.04. The molecule has 2 aromatic carbocycles. The summed E-state index contributed by atoms with van der Waals surface area (Å²) in [7, 11) is 3.95. The summed E-state index contributed by atoms with van der Waals surface area (Å²) in [6, 6.07) is 17.1. The molecule has 0 saturated heterocycles. The topological polar surface area (TPSA) is 56.1 Å². The van der Waals surface area contributed by atoms with Gasteiger partial charge < -0.3 is 10.2 Å². The van der Waals surface area contributed by atoms with E-state index in [1.165, 1.54) is 6.08 Å². The van der Waals surface area contributed by atoms with Gasteiger partial charge in [0.1, 0.15) is 0 Å². The van der Waals surface area contributed by atoms with E-state index in [0.717, 1.165) is 16.8 Å². The second kappa shape index (κ2) is 7.81. The summed E-state index contributed by atoms with van der Waals surface area (Å²) in [6.45, 7) is 0.468. The van der Waals surface area contributed by atoms with Gasteiger partial charge in [0, 0.05) is 32.4 Å². The van der Waals surface area contributed by atoms with Gasteiger partial charge in [0.05, 0.1) is 11.6 Å². The lowest BCUT2D eigenvalue weighted by Gasteiger charge is -2.17. The largest absolute Gasteiger partial charge is 0.377 e. The maximum Gasteiger partial charge on any atom is 0.244 e. The molecule has 2 rings (SSSR count). The van der Waals surface area contributed by atoms with Crippen LogP contribution in [0.2, 0.25) is 0 Å². The summed E-state index contributed by atoms with van der Waals surface area (Å²) in [5.74, 6) is -0.166. The molecule has 1 amide bonds. The number of rotatable bonds is 5. The molecule has 1 N–H and O–H groups in total. The molecule has 0 aliphatic rings. The summed E-state index contributed by atoms with van der Waals surface area (Å²) >= 11 is 0. The normalized spacial score (nSPS) is 10.3. The van der Waals surface area contributed by atoms with Crippen LogP contribution in [0.1, 0.15) is 16.7 Å². The van der Waals surface area contributed by atoms with E-state index in [2.05, 4.69) is 11.4 Å². The van der Waals surface area contributed by atoms with Crippen molar-refractivity contribution in [1.82, 2.24) is 5.32 Å². The standard InChI is InChI=1S/C19H19N3O/c1-22(2)18-9-4-3-8-17(18)14-21-19(23)11-10-15-6-5-7-16(12-15)13-20/h3-12H,14H2,1-2H3,(H,21,23). The number of carbonyl (C=O) groups excluding carboxylic acids is 1. The number of carbonyl (C=O) groups is 1. The van der Waals surface area contributed by atoms with Crippen LogP contribution in [-0.2, 0) is 11.3 Å². The van der Waals surface area contributed by atoms with Crippen LogP contribution in [0.4, 0.5) is 5.69 Å². The third kappa shape index (κ3) is 4.72. The lowest BCUT2D eigenvalue weighted by molar-refractivity contribution is -0.116. The number of hydrogen-bond donors (Lipinski definition) is 1. The number of amides is 1. The Bertz CT molecular complexity index is 757. The average Bonchev–Trinajstić information content (AvgIpc) is 2.58. The smallest absolute Gasteiger partial charge is 0.244 e. The van der Waals surface area contributed by atoms with E-state index in [1.807, 2.05) is 49.3 Å². The van der Waals surface area contributed by atoms with Gasteiger partial charge >= 0.3 is 0 Å². The maximum absolute atomic E-state index is 11.9. The quantitative estimate of drug-likeness (QED) is 0.864. The van der Waals surface area contributed by atoms with Gasteiger partial charge in [0.25, 0.3) is 0 Å². The molecule has 0 spiro atoms. The van der Waals surface area contributed by atoms with Crippen LogP contribution in [-0.4, -0.2) is 20.0 Å². The molecule has 116 valence electrons. The van der Waals surface area contributed by atoms with Crippen molar-refractivity contribution in [1.29, 1.82) is 5.26 Å². The summed E-state index contributed by atoms with van der Waals surface area (Å²) in [5, 5.41) is 11.7. The van der Waals surface area contributed by atoms with Gasteiger partial charge in [-0.2, -0.15) is 5.26 Å². The van der Waals surface area contributed by atoms with Gasteiger partial charge in [-0.05, 0) is 35.4 Å². The number of anilines is 1. The van der Waals surface area contributed by atoms with Crippen molar-refractivity contribution in [3.05, 3.63) is 71.3 Å². The monoisotopic (exact) mass is 305 g/mol. The zero-order valence-corrected chi connectivity index (χ0v) is 13.3. The van der Waals surface area contributed by atoms with E-state index >= 15 is 0 Å². The van der Waals surface area contributed by atoms with Crippen LogP contribution in [0.5, 0.6) is 0 Å². The fourth-order valence-electron chi connectivity index (χ4n) is 2.22. The molecule has 0 aliphatic heterocycles. The Balaban J connectivity index is 1.98. The maximum atomic E-state index is 11.9. The van der Waals surface area contributed by atoms with Crippen molar-refractivity contribution in [2.24, 2.45) is 0 Å². The van der Waals surface area contributed by atoms with E-state index in [1.54, 1.807) is 24.3 Å². The number of hydrogen-bond acceptors (Lipinski definition) is 3. The third-order valence-electron chi connectivity index (χ3n) is 3.37. The molecule has 23 heavy (non-hydrogen) atoms. The molecule has 0 saturated carbocycles. The Labute approximate surface area is 136 Å². The van der Waals surface area contributed by atoms with E-state index in [-0.39, 0.29) is 5.91 Å². The lowest BCUT2D eigenvalue weighted by Crippen LogP contribution is -2.22. The molecule has 4 heteroatoms. The van der Waals surface area contributed by atoms with E-state index in [9.17, 15) is 4.79 Å². The van der Waals surface area contributed by atoms with Gasteiger partial charge in [0.2, 0.25) is 5.91 Å². The SMILES string of the molecule is CN(C)c1ccccc1CNC(=O)C=Cc1cccc(C#N)c1. The summed E-state index contributed by atoms with van der Waals surface area (Å²) in [6.07, 6.45) is 3.18. The predicted octanol–water partition coefficient (Wildman–Crippen LogP) is 2.95.